The van der Waals surface area contributed by atoms with Gasteiger partial charge in [-0.2, -0.15) is 0 Å². The number of rotatable bonds is 5. The van der Waals surface area contributed by atoms with E-state index in [1.165, 1.54) is 0 Å². The number of aryl methyl sites for hydroxylation is 2. The predicted octanol–water partition coefficient (Wildman–Crippen LogP) is 3.41. The molecule has 0 spiro atoms. The molecule has 0 unspecified atom stereocenters. The molecule has 0 bridgehead atoms. The summed E-state index contributed by atoms with van der Waals surface area (Å²) in [5.41, 5.74) is 3.04. The fraction of sp³-hybridized carbons (Fsp3) is 0.176. The Morgan fingerprint density at radius 1 is 1.04 bits per heavy atom. The number of carbonyl (C=O) groups is 2. The van der Waals surface area contributed by atoms with Gasteiger partial charge in [0.2, 0.25) is 0 Å². The number of benzene rings is 2. The van der Waals surface area contributed by atoms with Crippen LogP contribution in [0, 0.1) is 13.8 Å². The highest BCUT2D eigenvalue weighted by molar-refractivity contribution is 6.00. The van der Waals surface area contributed by atoms with Crippen LogP contribution in [0.15, 0.2) is 42.5 Å². The zero-order valence-electron chi connectivity index (χ0n) is 12.9. The monoisotopic (exact) mass is 314 g/mol. The lowest BCUT2D eigenvalue weighted by Crippen LogP contribution is -2.20. The molecule has 2 aromatic carbocycles. The highest BCUT2D eigenvalue weighted by Gasteiger charge is 2.07. The van der Waals surface area contributed by atoms with E-state index in [0.29, 0.717) is 11.4 Å². The highest BCUT2D eigenvalue weighted by atomic mass is 16.5. The molecular formula is C17H18N2O4. The number of carbonyl (C=O) groups excluding carboxylic acids is 1. The predicted molar refractivity (Wildman–Crippen MR) is 88.1 cm³/mol. The summed E-state index contributed by atoms with van der Waals surface area (Å²) in [5, 5.41) is 14.1. The van der Waals surface area contributed by atoms with E-state index in [-0.39, 0.29) is 6.03 Å². The van der Waals surface area contributed by atoms with E-state index in [2.05, 4.69) is 10.6 Å². The van der Waals surface area contributed by atoms with Crippen molar-refractivity contribution < 1.29 is 19.4 Å². The molecule has 0 saturated heterocycles. The molecule has 0 aliphatic rings. The third-order valence-electron chi connectivity index (χ3n) is 3.18. The number of hydrogen-bond donors (Lipinski definition) is 3. The molecule has 0 atom stereocenters. The molecule has 6 nitrogen and oxygen atoms in total. The molecule has 0 fully saturated rings. The first-order valence-electron chi connectivity index (χ1n) is 7.04. The maximum absolute atomic E-state index is 12.0. The van der Waals surface area contributed by atoms with Crippen LogP contribution < -0.4 is 15.4 Å². The summed E-state index contributed by atoms with van der Waals surface area (Å²) in [4.78, 5) is 22.5. The summed E-state index contributed by atoms with van der Waals surface area (Å²) in [6.45, 7) is 3.29. The van der Waals surface area contributed by atoms with E-state index >= 15 is 0 Å². The highest BCUT2D eigenvalue weighted by Crippen LogP contribution is 2.22. The second-order valence-electron chi connectivity index (χ2n) is 5.06. The zero-order chi connectivity index (χ0) is 16.8. The van der Waals surface area contributed by atoms with Crippen LogP contribution in [-0.4, -0.2) is 23.7 Å². The molecule has 0 saturated carbocycles. The molecule has 23 heavy (non-hydrogen) atoms. The number of amides is 2. The molecule has 2 aromatic rings. The fourth-order valence-corrected chi connectivity index (χ4v) is 2.03. The Balaban J connectivity index is 2.00. The Morgan fingerprint density at radius 3 is 2.43 bits per heavy atom. The van der Waals surface area contributed by atoms with Gasteiger partial charge in [0.25, 0.3) is 0 Å². The maximum atomic E-state index is 12.0. The second kappa shape index (κ2) is 7.31. The van der Waals surface area contributed by atoms with Crippen LogP contribution in [0.3, 0.4) is 0 Å². The topological polar surface area (TPSA) is 87.7 Å². The number of urea groups is 1. The van der Waals surface area contributed by atoms with E-state index in [1.54, 1.807) is 25.1 Å². The third kappa shape index (κ3) is 4.74. The van der Waals surface area contributed by atoms with Gasteiger partial charge in [-0.25, -0.2) is 9.59 Å². The molecular weight excluding hydrogens is 296 g/mol. The Bertz CT molecular complexity index is 728. The van der Waals surface area contributed by atoms with Crippen LogP contribution in [0.4, 0.5) is 16.2 Å². The largest absolute Gasteiger partial charge is 0.482 e. The normalized spacial score (nSPS) is 10.0. The van der Waals surface area contributed by atoms with Crippen molar-refractivity contribution in [1.29, 1.82) is 0 Å². The molecule has 2 amide bonds. The molecule has 0 aliphatic heterocycles. The van der Waals surface area contributed by atoms with Crippen LogP contribution in [0.25, 0.3) is 0 Å². The maximum Gasteiger partial charge on any atom is 0.341 e. The van der Waals surface area contributed by atoms with Crippen LogP contribution in [0.5, 0.6) is 5.75 Å². The Hall–Kier alpha value is -3.02. The summed E-state index contributed by atoms with van der Waals surface area (Å²) in [6.07, 6.45) is 0. The van der Waals surface area contributed by atoms with E-state index in [9.17, 15) is 9.59 Å². The van der Waals surface area contributed by atoms with Crippen molar-refractivity contribution in [3.05, 3.63) is 53.6 Å². The van der Waals surface area contributed by atoms with Crippen molar-refractivity contribution in [3.63, 3.8) is 0 Å². The first kappa shape index (κ1) is 16.4. The fourth-order valence-electron chi connectivity index (χ4n) is 2.03. The molecule has 0 radical (unpaired) electrons. The van der Waals surface area contributed by atoms with Crippen molar-refractivity contribution in [2.24, 2.45) is 0 Å². The standard InChI is InChI=1S/C17H18N2O4/c1-11-5-3-4-6-14(11)19-17(22)18-13-7-8-15(12(2)9-13)23-10-16(20)21/h3-9H,10H2,1-2H3,(H,20,21)(H2,18,19,22). The van der Waals surface area contributed by atoms with E-state index in [0.717, 1.165) is 16.8 Å². The van der Waals surface area contributed by atoms with Gasteiger partial charge in [0, 0.05) is 11.4 Å². The summed E-state index contributed by atoms with van der Waals surface area (Å²) in [6, 6.07) is 12.1. The van der Waals surface area contributed by atoms with E-state index in [4.69, 9.17) is 9.84 Å². The molecule has 6 heteroatoms. The minimum atomic E-state index is -1.04. The number of ether oxygens (including phenoxy) is 1. The molecule has 0 aromatic heterocycles. The van der Waals surface area contributed by atoms with Crippen molar-refractivity contribution >= 4 is 23.4 Å². The lowest BCUT2D eigenvalue weighted by atomic mass is 10.2. The first-order chi connectivity index (χ1) is 11.0. The summed E-state index contributed by atoms with van der Waals surface area (Å²) < 4.78 is 5.14. The Labute approximate surface area is 134 Å². The van der Waals surface area contributed by atoms with Crippen LogP contribution >= 0.6 is 0 Å². The van der Waals surface area contributed by atoms with Crippen LogP contribution in [0.2, 0.25) is 0 Å². The van der Waals surface area contributed by atoms with Gasteiger partial charge in [-0.15, -0.1) is 0 Å². The lowest BCUT2D eigenvalue weighted by Gasteiger charge is -2.12. The van der Waals surface area contributed by atoms with Crippen molar-refractivity contribution in [2.45, 2.75) is 13.8 Å². The summed E-state index contributed by atoms with van der Waals surface area (Å²) >= 11 is 0. The number of anilines is 2. The lowest BCUT2D eigenvalue weighted by molar-refractivity contribution is -0.139. The number of nitrogens with one attached hydrogen (secondary N) is 2. The molecule has 2 rings (SSSR count). The molecule has 120 valence electrons. The van der Waals surface area contributed by atoms with Crippen molar-refractivity contribution in [1.82, 2.24) is 0 Å². The van der Waals surface area contributed by atoms with Gasteiger partial charge in [-0.1, -0.05) is 18.2 Å². The summed E-state index contributed by atoms with van der Waals surface area (Å²) in [5.74, 6) is -0.568. The molecule has 3 N–H and O–H groups in total. The minimum absolute atomic E-state index is 0.349. The van der Waals surface area contributed by atoms with E-state index in [1.807, 2.05) is 31.2 Å². The van der Waals surface area contributed by atoms with Crippen LogP contribution in [-0.2, 0) is 4.79 Å². The quantitative estimate of drug-likeness (QED) is 0.789. The average Bonchev–Trinajstić information content (AvgIpc) is 2.48. The van der Waals surface area contributed by atoms with Crippen molar-refractivity contribution in [2.75, 3.05) is 17.2 Å². The number of hydrogen-bond acceptors (Lipinski definition) is 3. The average molecular weight is 314 g/mol. The van der Waals surface area contributed by atoms with Gasteiger partial charge >= 0.3 is 12.0 Å². The van der Waals surface area contributed by atoms with Crippen LogP contribution in [0.1, 0.15) is 11.1 Å². The van der Waals surface area contributed by atoms with Gasteiger partial charge in [0.05, 0.1) is 0 Å². The van der Waals surface area contributed by atoms with Gasteiger partial charge in [-0.05, 0) is 49.2 Å². The number of carboxylic acid groups (broad SMARTS) is 1. The van der Waals surface area contributed by atoms with Gasteiger partial charge in [0.15, 0.2) is 6.61 Å². The zero-order valence-corrected chi connectivity index (χ0v) is 12.9. The Morgan fingerprint density at radius 2 is 1.78 bits per heavy atom. The molecule has 0 aliphatic carbocycles. The van der Waals surface area contributed by atoms with Gasteiger partial charge < -0.3 is 20.5 Å². The third-order valence-corrected chi connectivity index (χ3v) is 3.18. The number of aliphatic carboxylic acids is 1. The minimum Gasteiger partial charge on any atom is -0.482 e. The number of para-hydroxylation sites is 1. The van der Waals surface area contributed by atoms with Gasteiger partial charge in [-0.3, -0.25) is 0 Å². The Kier molecular flexibility index (Phi) is 5.19. The van der Waals surface area contributed by atoms with Crippen molar-refractivity contribution in [3.8, 4) is 5.75 Å². The SMILES string of the molecule is Cc1ccccc1NC(=O)Nc1ccc(OCC(=O)O)c(C)c1. The first-order valence-corrected chi connectivity index (χ1v) is 7.04. The second-order valence-corrected chi connectivity index (χ2v) is 5.06. The number of carboxylic acids is 1. The summed E-state index contributed by atoms with van der Waals surface area (Å²) in [7, 11) is 0. The van der Waals surface area contributed by atoms with E-state index < -0.39 is 12.6 Å². The van der Waals surface area contributed by atoms with Gasteiger partial charge in [0.1, 0.15) is 5.75 Å². The smallest absolute Gasteiger partial charge is 0.341 e. The molecule has 0 heterocycles.